The van der Waals surface area contributed by atoms with Crippen molar-refractivity contribution in [2.75, 3.05) is 42.6 Å². The largest absolute Gasteiger partial charge is 0.465 e. The molecule has 0 radical (unpaired) electrons. The van der Waals surface area contributed by atoms with Crippen LogP contribution in [-0.2, 0) is 19.1 Å². The first kappa shape index (κ1) is 35.1. The lowest BCUT2D eigenvalue weighted by Crippen LogP contribution is -2.59. The topological polar surface area (TPSA) is 90.4 Å². The molecular formula is C36H53N3O5S. The van der Waals surface area contributed by atoms with Gasteiger partial charge in [0.2, 0.25) is 5.91 Å². The first-order valence-corrected chi connectivity index (χ1v) is 17.6. The van der Waals surface area contributed by atoms with Crippen molar-refractivity contribution in [3.8, 4) is 0 Å². The molecule has 3 heterocycles. The van der Waals surface area contributed by atoms with E-state index in [1.807, 2.05) is 30.3 Å². The molecule has 2 bridgehead atoms. The smallest absolute Gasteiger partial charge is 0.310 e. The van der Waals surface area contributed by atoms with Crippen LogP contribution >= 0.6 is 11.8 Å². The van der Waals surface area contributed by atoms with Crippen LogP contribution in [0.4, 0.5) is 11.4 Å². The van der Waals surface area contributed by atoms with Crippen LogP contribution in [0.25, 0.3) is 0 Å². The van der Waals surface area contributed by atoms with Gasteiger partial charge in [0, 0.05) is 36.3 Å². The van der Waals surface area contributed by atoms with Crippen molar-refractivity contribution in [3.05, 3.63) is 49.6 Å². The number of unbranched alkanes of at least 4 members (excludes halogenated alkanes) is 2. The summed E-state index contributed by atoms with van der Waals surface area (Å²) in [7, 11) is 0. The van der Waals surface area contributed by atoms with Crippen LogP contribution in [0.5, 0.6) is 0 Å². The highest BCUT2D eigenvalue weighted by atomic mass is 32.2. The summed E-state index contributed by atoms with van der Waals surface area (Å²) in [5, 5.41) is 10.6. The molecule has 2 amide bonds. The standard InChI is InChI=1S/C36H53N3O5S/c1-8-12-13-14-20-44-35(43)30-29-22-25(7)36(45-29)31(30)33(41)39(28(23-40)21-24(5)6)32(36)34(42)38(19-9-2)27-17-15-26(16-18-27)37(10-3)11-4/h8-9,15-18,24-25,28-32,40H,1-2,10-14,19-23H2,3-7H3/t25?,28-,29+,30-,31+,32?,36?/m1/s1. The number of benzene rings is 1. The highest BCUT2D eigenvalue weighted by molar-refractivity contribution is 8.02. The average molecular weight is 640 g/mol. The Morgan fingerprint density at radius 1 is 1.13 bits per heavy atom. The van der Waals surface area contributed by atoms with Crippen molar-refractivity contribution >= 4 is 40.9 Å². The van der Waals surface area contributed by atoms with Gasteiger partial charge in [-0.15, -0.1) is 24.9 Å². The van der Waals surface area contributed by atoms with Gasteiger partial charge < -0.3 is 24.5 Å². The number of anilines is 2. The molecule has 1 aromatic carbocycles. The number of ether oxygens (including phenoxy) is 1. The maximum Gasteiger partial charge on any atom is 0.310 e. The Kier molecular flexibility index (Phi) is 11.9. The van der Waals surface area contributed by atoms with Crippen LogP contribution in [0.2, 0.25) is 0 Å². The zero-order valence-corrected chi connectivity index (χ0v) is 28.6. The Balaban J connectivity index is 1.75. The lowest BCUT2D eigenvalue weighted by Gasteiger charge is -2.42. The van der Waals surface area contributed by atoms with E-state index in [0.29, 0.717) is 13.0 Å². The number of hydrogen-bond donors (Lipinski definition) is 1. The molecule has 3 aliphatic rings. The lowest BCUT2D eigenvalue weighted by atomic mass is 9.66. The summed E-state index contributed by atoms with van der Waals surface area (Å²) in [6, 6.07) is 6.60. The van der Waals surface area contributed by atoms with Crippen LogP contribution in [0, 0.1) is 23.7 Å². The minimum Gasteiger partial charge on any atom is -0.465 e. The predicted molar refractivity (Wildman–Crippen MR) is 183 cm³/mol. The quantitative estimate of drug-likeness (QED) is 0.133. The Bertz CT molecular complexity index is 1220. The number of esters is 1. The third kappa shape index (κ3) is 6.57. The number of carbonyl (C=O) groups is 3. The van der Waals surface area contributed by atoms with Gasteiger partial charge in [-0.1, -0.05) is 32.9 Å². The van der Waals surface area contributed by atoms with Gasteiger partial charge in [-0.05, 0) is 82.1 Å². The lowest BCUT2D eigenvalue weighted by molar-refractivity contribution is -0.155. The molecule has 0 aromatic heterocycles. The third-order valence-electron chi connectivity index (χ3n) is 9.95. The third-order valence-corrected chi connectivity index (χ3v) is 12.0. The Hall–Kier alpha value is -2.78. The second kappa shape index (κ2) is 15.2. The van der Waals surface area contributed by atoms with Crippen molar-refractivity contribution < 1.29 is 24.2 Å². The van der Waals surface area contributed by atoms with E-state index in [0.717, 1.165) is 50.1 Å². The Morgan fingerprint density at radius 2 is 1.80 bits per heavy atom. The SMILES string of the molecule is C=CCCCCOC(=O)[C@@H]1[C@@H]2CC(C)C3(S2)C(C(=O)N(CC=C)c2ccc(N(CC)CC)cc2)N([C@@H](CO)CC(C)C)C(=O)[C@H]13. The number of rotatable bonds is 17. The highest BCUT2D eigenvalue weighted by Gasteiger charge is 2.77. The highest BCUT2D eigenvalue weighted by Crippen LogP contribution is 2.69. The molecule has 7 atom stereocenters. The molecule has 1 aromatic rings. The summed E-state index contributed by atoms with van der Waals surface area (Å²) in [4.78, 5) is 48.9. The number of allylic oxidation sites excluding steroid dienone is 1. The van der Waals surface area contributed by atoms with Crippen molar-refractivity contribution in [1.82, 2.24) is 4.90 Å². The fourth-order valence-electron chi connectivity index (χ4n) is 7.91. The first-order valence-electron chi connectivity index (χ1n) is 16.8. The number of nitrogens with zero attached hydrogens (tertiary/aromatic N) is 3. The molecular weight excluding hydrogens is 586 g/mol. The van der Waals surface area contributed by atoms with E-state index in [2.05, 4.69) is 52.7 Å². The number of fused-ring (bicyclic) bond motifs is 1. The van der Waals surface area contributed by atoms with Gasteiger partial charge in [0.1, 0.15) is 6.04 Å². The molecule has 3 saturated heterocycles. The van der Waals surface area contributed by atoms with Gasteiger partial charge in [-0.25, -0.2) is 0 Å². The molecule has 4 rings (SSSR count). The summed E-state index contributed by atoms with van der Waals surface area (Å²) in [6.07, 6.45) is 7.32. The molecule has 9 heteroatoms. The normalized spacial score (nSPS) is 27.4. The second-order valence-corrected chi connectivity index (χ2v) is 14.7. The molecule has 8 nitrogen and oxygen atoms in total. The zero-order valence-electron chi connectivity index (χ0n) is 27.8. The van der Waals surface area contributed by atoms with E-state index >= 15 is 4.79 Å². The average Bonchev–Trinajstić information content (AvgIpc) is 3.62. The van der Waals surface area contributed by atoms with E-state index in [1.54, 1.807) is 27.6 Å². The summed E-state index contributed by atoms with van der Waals surface area (Å²) >= 11 is 1.64. The summed E-state index contributed by atoms with van der Waals surface area (Å²) in [5.74, 6) is -1.82. The van der Waals surface area contributed by atoms with Crippen molar-refractivity contribution in [2.45, 2.75) is 88.8 Å². The monoisotopic (exact) mass is 639 g/mol. The number of amides is 2. The summed E-state index contributed by atoms with van der Waals surface area (Å²) in [6.45, 7) is 20.2. The van der Waals surface area contributed by atoms with Crippen molar-refractivity contribution in [2.24, 2.45) is 23.7 Å². The molecule has 3 fully saturated rings. The molecule has 3 unspecified atom stereocenters. The van der Waals surface area contributed by atoms with Crippen LogP contribution in [0.3, 0.4) is 0 Å². The maximum atomic E-state index is 15.0. The molecule has 0 saturated carbocycles. The van der Waals surface area contributed by atoms with E-state index in [9.17, 15) is 14.7 Å². The fourth-order valence-corrected chi connectivity index (χ4v) is 10.3. The van der Waals surface area contributed by atoms with E-state index in [4.69, 9.17) is 4.74 Å². The molecule has 3 aliphatic heterocycles. The van der Waals surface area contributed by atoms with Crippen molar-refractivity contribution in [3.63, 3.8) is 0 Å². The van der Waals surface area contributed by atoms with Gasteiger partial charge >= 0.3 is 5.97 Å². The molecule has 248 valence electrons. The molecule has 0 aliphatic carbocycles. The van der Waals surface area contributed by atoms with Gasteiger partial charge in [-0.2, -0.15) is 0 Å². The van der Waals surface area contributed by atoms with Crippen LogP contribution in [0.1, 0.15) is 66.7 Å². The van der Waals surface area contributed by atoms with Crippen LogP contribution in [0.15, 0.2) is 49.6 Å². The number of thioether (sulfide) groups is 1. The molecule has 1 N–H and O–H groups in total. The predicted octanol–water partition coefficient (Wildman–Crippen LogP) is 5.70. The van der Waals surface area contributed by atoms with Gasteiger partial charge in [0.25, 0.3) is 5.91 Å². The number of carbonyl (C=O) groups excluding carboxylic acids is 3. The second-order valence-electron chi connectivity index (χ2n) is 13.1. The number of likely N-dealkylation sites (tertiary alicyclic amines) is 1. The van der Waals surface area contributed by atoms with Crippen molar-refractivity contribution in [1.29, 1.82) is 0 Å². The van der Waals surface area contributed by atoms with E-state index < -0.39 is 28.7 Å². The fraction of sp³-hybridized carbons (Fsp3) is 0.639. The Labute approximate surface area is 274 Å². The van der Waals surface area contributed by atoms with E-state index in [1.165, 1.54) is 0 Å². The zero-order chi connectivity index (χ0) is 32.9. The summed E-state index contributed by atoms with van der Waals surface area (Å²) in [5.41, 5.74) is 1.81. The first-order chi connectivity index (χ1) is 21.6. The minimum atomic E-state index is -0.830. The van der Waals surface area contributed by atoms with E-state index in [-0.39, 0.29) is 48.0 Å². The molecule has 1 spiro atoms. The van der Waals surface area contributed by atoms with Crippen LogP contribution in [-0.4, -0.2) is 82.7 Å². The number of aliphatic hydroxyl groups excluding tert-OH is 1. The number of aliphatic hydroxyl groups is 1. The van der Waals surface area contributed by atoms with Gasteiger partial charge in [-0.3, -0.25) is 14.4 Å². The summed E-state index contributed by atoms with van der Waals surface area (Å²) < 4.78 is 4.99. The van der Waals surface area contributed by atoms with Crippen LogP contribution < -0.4 is 9.80 Å². The van der Waals surface area contributed by atoms with Gasteiger partial charge in [0.15, 0.2) is 0 Å². The Morgan fingerprint density at radius 3 is 2.38 bits per heavy atom. The molecule has 45 heavy (non-hydrogen) atoms. The maximum absolute atomic E-state index is 15.0. The van der Waals surface area contributed by atoms with Gasteiger partial charge in [0.05, 0.1) is 35.8 Å². The number of hydrogen-bond acceptors (Lipinski definition) is 7. The minimum absolute atomic E-state index is 0.0195.